The molecule has 0 aromatic carbocycles. The van der Waals surface area contributed by atoms with Crippen LogP contribution < -0.4 is 16.6 Å². The van der Waals surface area contributed by atoms with E-state index >= 15 is 0 Å². The van der Waals surface area contributed by atoms with Crippen molar-refractivity contribution in [3.63, 3.8) is 0 Å². The number of rotatable bonds is 6. The maximum Gasteiger partial charge on any atom is 0.332 e. The first-order valence-electron chi connectivity index (χ1n) is 8.64. The second kappa shape index (κ2) is 7.26. The van der Waals surface area contributed by atoms with Crippen molar-refractivity contribution in [3.05, 3.63) is 44.8 Å². The smallest absolute Gasteiger partial charge is 0.332 e. The zero-order valence-corrected chi connectivity index (χ0v) is 16.1. The summed E-state index contributed by atoms with van der Waals surface area (Å²) in [5.74, 6) is -1.02. The molecule has 9 nitrogen and oxygen atoms in total. The molecule has 1 aliphatic rings. The van der Waals surface area contributed by atoms with E-state index in [-0.39, 0.29) is 6.54 Å². The number of aryl methyl sites for hydroxylation is 2. The molecule has 3 rings (SSSR count). The van der Waals surface area contributed by atoms with Crippen LogP contribution in [0, 0.1) is 0 Å². The van der Waals surface area contributed by atoms with Crippen LogP contribution in [0.25, 0.3) is 11.0 Å². The molecule has 2 atom stereocenters. The van der Waals surface area contributed by atoms with Crippen molar-refractivity contribution in [2.75, 3.05) is 26.1 Å². The SMILES string of the molecule is CCc1cnc2c(c1NCC1(OC)C=CC(OC)O1)c(=O)n(C)c(=O)n2C. The minimum absolute atomic E-state index is 0.248. The van der Waals surface area contributed by atoms with Gasteiger partial charge in [-0.3, -0.25) is 13.9 Å². The van der Waals surface area contributed by atoms with Crippen LogP contribution in [0.4, 0.5) is 5.69 Å². The topological polar surface area (TPSA) is 96.6 Å². The summed E-state index contributed by atoms with van der Waals surface area (Å²) in [6.45, 7) is 2.22. The normalized spacial score (nSPS) is 21.9. The molecule has 0 bridgehead atoms. The van der Waals surface area contributed by atoms with Gasteiger partial charge in [0.15, 0.2) is 11.9 Å². The molecule has 0 saturated carbocycles. The highest BCUT2D eigenvalue weighted by Gasteiger charge is 2.36. The van der Waals surface area contributed by atoms with Crippen molar-refractivity contribution in [1.82, 2.24) is 14.1 Å². The van der Waals surface area contributed by atoms with Crippen LogP contribution >= 0.6 is 0 Å². The lowest BCUT2D eigenvalue weighted by Crippen LogP contribution is -2.40. The van der Waals surface area contributed by atoms with E-state index in [1.807, 2.05) is 6.92 Å². The monoisotopic (exact) mass is 376 g/mol. The van der Waals surface area contributed by atoms with Crippen molar-refractivity contribution in [3.8, 4) is 0 Å². The van der Waals surface area contributed by atoms with Crippen molar-refractivity contribution in [2.45, 2.75) is 25.4 Å². The molecule has 0 amide bonds. The molecule has 0 saturated heterocycles. The molecule has 2 unspecified atom stereocenters. The average molecular weight is 376 g/mol. The molecule has 0 fully saturated rings. The number of methoxy groups -OCH3 is 2. The molecule has 2 aromatic heterocycles. The maximum absolute atomic E-state index is 12.8. The fourth-order valence-corrected chi connectivity index (χ4v) is 3.17. The van der Waals surface area contributed by atoms with Crippen LogP contribution in [0.15, 0.2) is 27.9 Å². The number of fused-ring (bicyclic) bond motifs is 1. The van der Waals surface area contributed by atoms with Crippen LogP contribution in [-0.2, 0) is 34.7 Å². The summed E-state index contributed by atoms with van der Waals surface area (Å²) >= 11 is 0. The third-order valence-electron chi connectivity index (χ3n) is 4.84. The van der Waals surface area contributed by atoms with Gasteiger partial charge in [-0.1, -0.05) is 6.92 Å². The van der Waals surface area contributed by atoms with Gasteiger partial charge in [0.2, 0.25) is 5.79 Å². The quantitative estimate of drug-likeness (QED) is 0.734. The average Bonchev–Trinajstić information content (AvgIpc) is 3.12. The highest BCUT2D eigenvalue weighted by atomic mass is 16.8. The Morgan fingerprint density at radius 2 is 2.04 bits per heavy atom. The lowest BCUT2D eigenvalue weighted by molar-refractivity contribution is -0.234. The van der Waals surface area contributed by atoms with E-state index in [4.69, 9.17) is 14.2 Å². The van der Waals surface area contributed by atoms with Crippen LogP contribution in [0.5, 0.6) is 0 Å². The highest BCUT2D eigenvalue weighted by molar-refractivity contribution is 5.90. The molecule has 1 N–H and O–H groups in total. The molecular weight excluding hydrogens is 352 g/mol. The Bertz CT molecular complexity index is 1010. The summed E-state index contributed by atoms with van der Waals surface area (Å²) in [7, 11) is 6.13. The predicted octanol–water partition coefficient (Wildman–Crippen LogP) is 0.508. The Hall–Kier alpha value is -2.49. The van der Waals surface area contributed by atoms with E-state index in [2.05, 4.69) is 10.3 Å². The number of aromatic nitrogens is 3. The Morgan fingerprint density at radius 1 is 1.30 bits per heavy atom. The Balaban J connectivity index is 2.10. The maximum atomic E-state index is 12.8. The van der Waals surface area contributed by atoms with Crippen LogP contribution in [-0.4, -0.2) is 47.0 Å². The highest BCUT2D eigenvalue weighted by Crippen LogP contribution is 2.28. The lowest BCUT2D eigenvalue weighted by Gasteiger charge is -2.28. The second-order valence-electron chi connectivity index (χ2n) is 6.37. The summed E-state index contributed by atoms with van der Waals surface area (Å²) in [4.78, 5) is 29.3. The molecule has 3 heterocycles. The molecule has 0 aliphatic carbocycles. The Labute approximate surface area is 156 Å². The number of anilines is 1. The number of hydrogen-bond acceptors (Lipinski definition) is 7. The Morgan fingerprint density at radius 3 is 2.63 bits per heavy atom. The van der Waals surface area contributed by atoms with Gasteiger partial charge in [-0.2, -0.15) is 0 Å². The van der Waals surface area contributed by atoms with Crippen molar-refractivity contribution < 1.29 is 14.2 Å². The largest absolute Gasteiger partial charge is 0.378 e. The summed E-state index contributed by atoms with van der Waals surface area (Å²) in [5.41, 5.74) is 0.978. The van der Waals surface area contributed by atoms with E-state index in [9.17, 15) is 9.59 Å². The van der Waals surface area contributed by atoms with Crippen LogP contribution in [0.3, 0.4) is 0 Å². The standard InChI is InChI=1S/C18H24N4O5/c1-6-11-9-19-15-13(16(23)22(3)17(24)21(15)2)14(11)20-10-18(26-5)8-7-12(25-4)27-18/h7-9,12H,6,10H2,1-5H3,(H,19,20). The number of ether oxygens (including phenoxy) is 3. The lowest BCUT2D eigenvalue weighted by atomic mass is 10.1. The van der Waals surface area contributed by atoms with Gasteiger partial charge in [-0.15, -0.1) is 0 Å². The van der Waals surface area contributed by atoms with Crippen molar-refractivity contribution >= 4 is 16.7 Å². The number of nitrogens with zero attached hydrogens (tertiary/aromatic N) is 3. The van der Waals surface area contributed by atoms with E-state index in [0.717, 1.165) is 10.1 Å². The molecule has 27 heavy (non-hydrogen) atoms. The molecule has 9 heteroatoms. The van der Waals surface area contributed by atoms with Gasteiger partial charge in [0.05, 0.1) is 12.2 Å². The van der Waals surface area contributed by atoms with Gasteiger partial charge in [-0.25, -0.2) is 9.78 Å². The van der Waals surface area contributed by atoms with Crippen LogP contribution in [0.2, 0.25) is 0 Å². The minimum atomic E-state index is -1.02. The second-order valence-corrected chi connectivity index (χ2v) is 6.37. The van der Waals surface area contributed by atoms with E-state index in [1.54, 1.807) is 32.5 Å². The fourth-order valence-electron chi connectivity index (χ4n) is 3.17. The fraction of sp³-hybridized carbons (Fsp3) is 0.500. The molecule has 2 aromatic rings. The van der Waals surface area contributed by atoms with E-state index in [1.165, 1.54) is 18.7 Å². The first-order valence-corrected chi connectivity index (χ1v) is 8.64. The van der Waals surface area contributed by atoms with Crippen molar-refractivity contribution in [2.24, 2.45) is 14.1 Å². The van der Waals surface area contributed by atoms with Gasteiger partial charge in [0.1, 0.15) is 5.39 Å². The first-order chi connectivity index (χ1) is 12.9. The number of pyridine rings is 1. The number of hydrogen-bond donors (Lipinski definition) is 1. The summed E-state index contributed by atoms with van der Waals surface area (Å²) in [6.07, 6.45) is 5.37. The van der Waals surface area contributed by atoms with E-state index < -0.39 is 23.3 Å². The summed E-state index contributed by atoms with van der Waals surface area (Å²) < 4.78 is 18.9. The van der Waals surface area contributed by atoms with Gasteiger partial charge < -0.3 is 19.5 Å². The molecular formula is C18H24N4O5. The van der Waals surface area contributed by atoms with Gasteiger partial charge in [0, 0.05) is 34.5 Å². The van der Waals surface area contributed by atoms with Crippen molar-refractivity contribution in [1.29, 1.82) is 0 Å². The number of nitrogens with one attached hydrogen (secondary N) is 1. The third-order valence-corrected chi connectivity index (χ3v) is 4.84. The minimum Gasteiger partial charge on any atom is -0.378 e. The summed E-state index contributed by atoms with van der Waals surface area (Å²) in [6, 6.07) is 0. The molecule has 0 radical (unpaired) electrons. The van der Waals surface area contributed by atoms with Gasteiger partial charge >= 0.3 is 5.69 Å². The zero-order valence-electron chi connectivity index (χ0n) is 16.1. The van der Waals surface area contributed by atoms with Crippen LogP contribution in [0.1, 0.15) is 12.5 Å². The zero-order chi connectivity index (χ0) is 19.8. The van der Waals surface area contributed by atoms with E-state index in [0.29, 0.717) is 23.1 Å². The summed E-state index contributed by atoms with van der Waals surface area (Å²) in [5, 5.41) is 3.63. The molecule has 146 valence electrons. The third kappa shape index (κ3) is 3.18. The van der Waals surface area contributed by atoms with Gasteiger partial charge in [0.25, 0.3) is 5.56 Å². The first kappa shape index (κ1) is 19.3. The van der Waals surface area contributed by atoms with Gasteiger partial charge in [-0.05, 0) is 24.1 Å². The predicted molar refractivity (Wildman–Crippen MR) is 101 cm³/mol. The molecule has 1 aliphatic heterocycles. The Kier molecular flexibility index (Phi) is 5.18. The molecule has 0 spiro atoms.